The lowest BCUT2D eigenvalue weighted by atomic mass is 10.1. The Morgan fingerprint density at radius 1 is 1.05 bits per heavy atom. The fraction of sp³-hybridized carbons (Fsp3) is 0.188. The lowest BCUT2D eigenvalue weighted by Crippen LogP contribution is -2.33. The van der Waals surface area contributed by atoms with Crippen molar-refractivity contribution in [3.8, 4) is 0 Å². The summed E-state index contributed by atoms with van der Waals surface area (Å²) in [6.45, 7) is 2.77. The molecule has 0 amide bonds. The molecule has 0 unspecified atom stereocenters. The molecule has 0 saturated heterocycles. The van der Waals surface area contributed by atoms with Crippen molar-refractivity contribution in [3.05, 3.63) is 54.6 Å². The summed E-state index contributed by atoms with van der Waals surface area (Å²) in [5, 5.41) is 3.40. The van der Waals surface area contributed by atoms with Crippen molar-refractivity contribution < 1.29 is 0 Å². The molecule has 4 rings (SSSR count). The van der Waals surface area contributed by atoms with Crippen LogP contribution in [0.5, 0.6) is 0 Å². The number of aromatic nitrogens is 3. The van der Waals surface area contributed by atoms with E-state index in [1.165, 1.54) is 5.56 Å². The second-order valence-electron chi connectivity index (χ2n) is 5.12. The van der Waals surface area contributed by atoms with Crippen LogP contribution in [-0.4, -0.2) is 28.0 Å². The molecule has 5 nitrogen and oxygen atoms in total. The molecule has 1 N–H and O–H groups in total. The number of rotatable bonds is 2. The van der Waals surface area contributed by atoms with E-state index in [4.69, 9.17) is 0 Å². The van der Waals surface area contributed by atoms with Crippen LogP contribution in [0.3, 0.4) is 0 Å². The Kier molecular flexibility index (Phi) is 2.88. The van der Waals surface area contributed by atoms with Crippen molar-refractivity contribution in [3.63, 3.8) is 0 Å². The molecule has 3 heterocycles. The Morgan fingerprint density at radius 3 is 2.90 bits per heavy atom. The zero-order chi connectivity index (χ0) is 14.1. The van der Waals surface area contributed by atoms with Crippen LogP contribution in [0, 0.1) is 0 Å². The van der Waals surface area contributed by atoms with E-state index < -0.39 is 0 Å². The van der Waals surface area contributed by atoms with Crippen LogP contribution < -0.4 is 10.2 Å². The van der Waals surface area contributed by atoms with Crippen molar-refractivity contribution in [2.45, 2.75) is 6.54 Å². The summed E-state index contributed by atoms with van der Waals surface area (Å²) in [4.78, 5) is 15.3. The maximum Gasteiger partial charge on any atom is 0.0890 e. The third-order valence-corrected chi connectivity index (χ3v) is 3.75. The van der Waals surface area contributed by atoms with Crippen molar-refractivity contribution >= 4 is 22.4 Å². The van der Waals surface area contributed by atoms with Gasteiger partial charge in [-0.25, -0.2) is 0 Å². The first-order valence-electron chi connectivity index (χ1n) is 7.03. The monoisotopic (exact) mass is 277 g/mol. The van der Waals surface area contributed by atoms with Gasteiger partial charge in [0.25, 0.3) is 0 Å². The Labute approximate surface area is 122 Å². The maximum atomic E-state index is 4.37. The Morgan fingerprint density at radius 2 is 1.95 bits per heavy atom. The van der Waals surface area contributed by atoms with E-state index in [9.17, 15) is 0 Å². The molecule has 0 saturated carbocycles. The molecule has 1 aliphatic heterocycles. The minimum absolute atomic E-state index is 0.854. The highest BCUT2D eigenvalue weighted by Crippen LogP contribution is 2.28. The summed E-state index contributed by atoms with van der Waals surface area (Å²) in [5.74, 6) is 0. The minimum atomic E-state index is 0.854. The Bertz CT molecular complexity index is 786. The number of nitrogens with one attached hydrogen (secondary N) is 1. The third-order valence-electron chi connectivity index (χ3n) is 3.75. The molecule has 1 aliphatic rings. The molecule has 0 aliphatic carbocycles. The second kappa shape index (κ2) is 5.01. The first-order chi connectivity index (χ1) is 10.4. The van der Waals surface area contributed by atoms with Gasteiger partial charge >= 0.3 is 0 Å². The minimum Gasteiger partial charge on any atom is -0.382 e. The first kappa shape index (κ1) is 12.1. The summed E-state index contributed by atoms with van der Waals surface area (Å²) in [6.07, 6.45) is 7.19. The van der Waals surface area contributed by atoms with E-state index >= 15 is 0 Å². The zero-order valence-corrected chi connectivity index (χ0v) is 11.5. The van der Waals surface area contributed by atoms with Crippen molar-refractivity contribution in [1.82, 2.24) is 15.0 Å². The molecule has 104 valence electrons. The van der Waals surface area contributed by atoms with Gasteiger partial charge < -0.3 is 10.2 Å². The fourth-order valence-electron chi connectivity index (χ4n) is 2.73. The summed E-state index contributed by atoms with van der Waals surface area (Å²) in [7, 11) is 0. The third kappa shape index (κ3) is 2.27. The van der Waals surface area contributed by atoms with Crippen LogP contribution in [-0.2, 0) is 6.54 Å². The quantitative estimate of drug-likeness (QED) is 0.780. The number of fused-ring (bicyclic) bond motifs is 2. The van der Waals surface area contributed by atoms with Gasteiger partial charge in [-0.3, -0.25) is 15.0 Å². The van der Waals surface area contributed by atoms with Crippen molar-refractivity contribution in [1.29, 1.82) is 0 Å². The molecule has 3 aromatic rings. The van der Waals surface area contributed by atoms with Gasteiger partial charge in [0.05, 0.1) is 28.6 Å². The largest absolute Gasteiger partial charge is 0.382 e. The first-order valence-corrected chi connectivity index (χ1v) is 7.03. The highest BCUT2D eigenvalue weighted by Gasteiger charge is 2.16. The summed E-state index contributed by atoms with van der Waals surface area (Å²) in [5.41, 5.74) is 5.42. The summed E-state index contributed by atoms with van der Waals surface area (Å²) in [6, 6.07) is 8.28. The van der Waals surface area contributed by atoms with E-state index in [0.29, 0.717) is 0 Å². The predicted octanol–water partition coefficient (Wildman–Crippen LogP) is 2.46. The average Bonchev–Trinajstić information content (AvgIpc) is 2.55. The van der Waals surface area contributed by atoms with Crippen molar-refractivity contribution in [2.24, 2.45) is 0 Å². The van der Waals surface area contributed by atoms with E-state index in [2.05, 4.69) is 37.3 Å². The standard InChI is InChI=1S/C16H15N5/c1-2-13-15(19-6-5-18-13)9-12(1)11-21-8-7-20-14-3-4-17-10-16(14)21/h1-6,9-10,20H,7-8,11H2. The molecule has 0 spiro atoms. The van der Waals surface area contributed by atoms with Gasteiger partial charge in [0, 0.05) is 38.2 Å². The van der Waals surface area contributed by atoms with Gasteiger partial charge in [0.2, 0.25) is 0 Å². The number of anilines is 2. The maximum absolute atomic E-state index is 4.37. The van der Waals surface area contributed by atoms with Crippen LogP contribution in [0.25, 0.3) is 11.0 Å². The Balaban J connectivity index is 1.66. The normalized spacial score (nSPS) is 13.8. The molecular formula is C16H15N5. The van der Waals surface area contributed by atoms with Crippen LogP contribution in [0.1, 0.15) is 5.56 Å². The molecule has 0 bridgehead atoms. The van der Waals surface area contributed by atoms with Crippen LogP contribution >= 0.6 is 0 Å². The van der Waals surface area contributed by atoms with E-state index in [1.54, 1.807) is 12.4 Å². The summed E-state index contributed by atoms with van der Waals surface area (Å²) < 4.78 is 0. The number of pyridine rings is 1. The summed E-state index contributed by atoms with van der Waals surface area (Å²) >= 11 is 0. The highest BCUT2D eigenvalue weighted by molar-refractivity contribution is 5.75. The number of nitrogens with zero attached hydrogens (tertiary/aromatic N) is 4. The topological polar surface area (TPSA) is 53.9 Å². The molecule has 0 atom stereocenters. The highest BCUT2D eigenvalue weighted by atomic mass is 15.2. The van der Waals surface area contributed by atoms with Gasteiger partial charge in [-0.05, 0) is 23.8 Å². The lowest BCUT2D eigenvalue weighted by Gasteiger charge is -2.31. The molecular weight excluding hydrogens is 262 g/mol. The lowest BCUT2D eigenvalue weighted by molar-refractivity contribution is 0.784. The SMILES string of the molecule is c1cc2c(cn1)N(Cc1ccc3nccnc3c1)CCN2. The van der Waals surface area contributed by atoms with Crippen LogP contribution in [0.2, 0.25) is 0 Å². The van der Waals surface area contributed by atoms with E-state index in [1.807, 2.05) is 24.5 Å². The van der Waals surface area contributed by atoms with Crippen LogP contribution in [0.15, 0.2) is 49.1 Å². The van der Waals surface area contributed by atoms with Gasteiger partial charge in [-0.15, -0.1) is 0 Å². The smallest absolute Gasteiger partial charge is 0.0890 e. The fourth-order valence-corrected chi connectivity index (χ4v) is 2.73. The van der Waals surface area contributed by atoms with E-state index in [-0.39, 0.29) is 0 Å². The molecule has 21 heavy (non-hydrogen) atoms. The Hall–Kier alpha value is -2.69. The van der Waals surface area contributed by atoms with Gasteiger partial charge in [0.15, 0.2) is 0 Å². The molecule has 1 aromatic carbocycles. The van der Waals surface area contributed by atoms with Gasteiger partial charge in [-0.1, -0.05) is 6.07 Å². The molecule has 2 aromatic heterocycles. The molecule has 0 fully saturated rings. The van der Waals surface area contributed by atoms with Crippen molar-refractivity contribution in [2.75, 3.05) is 23.3 Å². The van der Waals surface area contributed by atoms with Gasteiger partial charge in [0.1, 0.15) is 0 Å². The predicted molar refractivity (Wildman–Crippen MR) is 83.3 cm³/mol. The van der Waals surface area contributed by atoms with E-state index in [0.717, 1.165) is 42.0 Å². The van der Waals surface area contributed by atoms with Gasteiger partial charge in [-0.2, -0.15) is 0 Å². The number of hydrogen-bond donors (Lipinski definition) is 1. The number of hydrogen-bond acceptors (Lipinski definition) is 5. The van der Waals surface area contributed by atoms with Crippen LogP contribution in [0.4, 0.5) is 11.4 Å². The number of benzene rings is 1. The molecule has 0 radical (unpaired) electrons. The second-order valence-corrected chi connectivity index (χ2v) is 5.12. The average molecular weight is 277 g/mol. The molecule has 5 heteroatoms. The zero-order valence-electron chi connectivity index (χ0n) is 11.5.